The molecule has 3 aliphatic carbocycles. The van der Waals surface area contributed by atoms with Gasteiger partial charge in [-0.25, -0.2) is 4.68 Å². The number of nitrogens with one attached hydrogen (secondary N) is 2. The Hall–Kier alpha value is -2.61. The van der Waals surface area contributed by atoms with E-state index in [0.29, 0.717) is 17.4 Å². The van der Waals surface area contributed by atoms with E-state index in [4.69, 9.17) is 0 Å². The van der Waals surface area contributed by atoms with Crippen LogP contribution in [0.15, 0.2) is 11.4 Å². The standard InChI is InChI=1S/C23H32N8/c24-15-18-19(16-25)27-23(21-28-29-30-31(21)17-9-3-1-4-10-17)14-8-5-11-20(23)22(26-18)12-6-2-7-13-22/h17,20,26-27H,1-14H2. The molecule has 1 aliphatic heterocycles. The molecule has 1 spiro atoms. The van der Waals surface area contributed by atoms with Gasteiger partial charge in [-0.15, -0.1) is 5.10 Å². The topological polar surface area (TPSA) is 115 Å². The number of fused-ring (bicyclic) bond motifs is 2. The quantitative estimate of drug-likeness (QED) is 0.749. The summed E-state index contributed by atoms with van der Waals surface area (Å²) in [6, 6.07) is 4.90. The van der Waals surface area contributed by atoms with Gasteiger partial charge in [-0.3, -0.25) is 0 Å². The van der Waals surface area contributed by atoms with Crippen LogP contribution in [0.5, 0.6) is 0 Å². The highest BCUT2D eigenvalue weighted by Crippen LogP contribution is 2.53. The van der Waals surface area contributed by atoms with Gasteiger partial charge in [-0.2, -0.15) is 10.5 Å². The fraction of sp³-hybridized carbons (Fsp3) is 0.783. The number of nitriles is 2. The van der Waals surface area contributed by atoms with Crippen molar-refractivity contribution >= 4 is 0 Å². The molecule has 0 bridgehead atoms. The van der Waals surface area contributed by atoms with Crippen molar-refractivity contribution in [3.8, 4) is 12.1 Å². The minimum Gasteiger partial charge on any atom is -0.368 e. The zero-order valence-corrected chi connectivity index (χ0v) is 18.2. The molecule has 3 saturated carbocycles. The maximum Gasteiger partial charge on any atom is 0.177 e. The molecule has 3 fully saturated rings. The largest absolute Gasteiger partial charge is 0.368 e. The van der Waals surface area contributed by atoms with Gasteiger partial charge in [0.1, 0.15) is 29.1 Å². The van der Waals surface area contributed by atoms with E-state index in [-0.39, 0.29) is 11.5 Å². The molecule has 1 aromatic rings. The monoisotopic (exact) mass is 420 g/mol. The fourth-order valence-corrected chi connectivity index (χ4v) is 6.96. The van der Waals surface area contributed by atoms with E-state index in [1.165, 1.54) is 25.7 Å². The van der Waals surface area contributed by atoms with E-state index >= 15 is 0 Å². The van der Waals surface area contributed by atoms with Crippen LogP contribution in [0.1, 0.15) is 102 Å². The van der Waals surface area contributed by atoms with Crippen LogP contribution >= 0.6 is 0 Å². The summed E-state index contributed by atoms with van der Waals surface area (Å²) >= 11 is 0. The van der Waals surface area contributed by atoms with Crippen LogP contribution in [-0.4, -0.2) is 25.7 Å². The molecule has 2 atom stereocenters. The van der Waals surface area contributed by atoms with Gasteiger partial charge in [-0.05, 0) is 49.0 Å². The van der Waals surface area contributed by atoms with Crippen LogP contribution in [0.4, 0.5) is 0 Å². The molecular formula is C23H32N8. The van der Waals surface area contributed by atoms with Crippen molar-refractivity contribution in [2.45, 2.75) is 107 Å². The first-order valence-corrected chi connectivity index (χ1v) is 12.1. The van der Waals surface area contributed by atoms with Gasteiger partial charge in [0.05, 0.1) is 6.04 Å². The smallest absolute Gasteiger partial charge is 0.177 e. The summed E-state index contributed by atoms with van der Waals surface area (Å²) in [5.74, 6) is 1.11. The van der Waals surface area contributed by atoms with E-state index < -0.39 is 5.54 Å². The number of rotatable bonds is 2. The van der Waals surface area contributed by atoms with Gasteiger partial charge in [-0.1, -0.05) is 51.4 Å². The van der Waals surface area contributed by atoms with Gasteiger partial charge >= 0.3 is 0 Å². The van der Waals surface area contributed by atoms with Crippen molar-refractivity contribution in [1.29, 1.82) is 10.5 Å². The molecule has 0 amide bonds. The van der Waals surface area contributed by atoms with Crippen molar-refractivity contribution < 1.29 is 0 Å². The van der Waals surface area contributed by atoms with Crippen LogP contribution < -0.4 is 10.6 Å². The van der Waals surface area contributed by atoms with Gasteiger partial charge in [0, 0.05) is 11.5 Å². The van der Waals surface area contributed by atoms with Crippen molar-refractivity contribution in [1.82, 2.24) is 30.8 Å². The summed E-state index contributed by atoms with van der Waals surface area (Å²) in [6.45, 7) is 0. The third-order valence-corrected chi connectivity index (χ3v) is 8.33. The minimum atomic E-state index is -0.521. The highest BCUT2D eigenvalue weighted by Gasteiger charge is 2.58. The number of aromatic nitrogens is 4. The van der Waals surface area contributed by atoms with Crippen molar-refractivity contribution in [3.05, 3.63) is 17.2 Å². The third-order valence-electron chi connectivity index (χ3n) is 8.33. The molecule has 1 aromatic heterocycles. The average molecular weight is 421 g/mol. The minimum absolute atomic E-state index is 0.196. The van der Waals surface area contributed by atoms with E-state index in [0.717, 1.165) is 70.0 Å². The molecule has 2 heterocycles. The normalized spacial score (nSPS) is 31.0. The maximum absolute atomic E-state index is 10.0. The second-order valence-corrected chi connectivity index (χ2v) is 9.95. The molecule has 0 aromatic carbocycles. The van der Waals surface area contributed by atoms with Crippen molar-refractivity contribution in [2.24, 2.45) is 5.92 Å². The molecule has 164 valence electrons. The highest BCUT2D eigenvalue weighted by atomic mass is 15.6. The first-order chi connectivity index (χ1) is 15.2. The van der Waals surface area contributed by atoms with Crippen molar-refractivity contribution in [3.63, 3.8) is 0 Å². The van der Waals surface area contributed by atoms with E-state index in [1.54, 1.807) is 0 Å². The number of hydrogen-bond donors (Lipinski definition) is 2. The van der Waals surface area contributed by atoms with Crippen LogP contribution in [0.3, 0.4) is 0 Å². The number of tetrazole rings is 1. The van der Waals surface area contributed by atoms with Crippen LogP contribution in [-0.2, 0) is 5.54 Å². The number of nitrogens with zero attached hydrogens (tertiary/aromatic N) is 6. The Balaban J connectivity index is 1.68. The summed E-state index contributed by atoms with van der Waals surface area (Å²) in [7, 11) is 0. The Labute approximate surface area is 184 Å². The van der Waals surface area contributed by atoms with Gasteiger partial charge in [0.25, 0.3) is 0 Å². The van der Waals surface area contributed by atoms with Gasteiger partial charge < -0.3 is 10.6 Å². The molecule has 4 aliphatic rings. The Morgan fingerprint density at radius 1 is 0.806 bits per heavy atom. The fourth-order valence-electron chi connectivity index (χ4n) is 6.96. The van der Waals surface area contributed by atoms with Gasteiger partial charge in [0.15, 0.2) is 5.82 Å². The van der Waals surface area contributed by atoms with Crippen LogP contribution in [0.2, 0.25) is 0 Å². The predicted molar refractivity (Wildman–Crippen MR) is 114 cm³/mol. The molecule has 2 unspecified atom stereocenters. The highest BCUT2D eigenvalue weighted by molar-refractivity contribution is 5.40. The zero-order valence-electron chi connectivity index (χ0n) is 18.2. The first-order valence-electron chi connectivity index (χ1n) is 12.1. The Morgan fingerprint density at radius 3 is 2.19 bits per heavy atom. The van der Waals surface area contributed by atoms with E-state index in [9.17, 15) is 10.5 Å². The molecule has 31 heavy (non-hydrogen) atoms. The maximum atomic E-state index is 10.0. The van der Waals surface area contributed by atoms with Crippen LogP contribution in [0.25, 0.3) is 0 Å². The SMILES string of the molecule is N#CC1=C(C#N)NC2(c3nnnn3C3CCCCC3)CCCCC2C2(CCCCC2)N1. The lowest BCUT2D eigenvalue weighted by Crippen LogP contribution is -2.62. The Morgan fingerprint density at radius 2 is 1.45 bits per heavy atom. The molecule has 0 radical (unpaired) electrons. The molecular weight excluding hydrogens is 388 g/mol. The van der Waals surface area contributed by atoms with E-state index in [1.807, 2.05) is 0 Å². The second-order valence-electron chi connectivity index (χ2n) is 9.95. The Bertz CT molecular complexity index is 922. The summed E-state index contributed by atoms with van der Waals surface area (Å²) < 4.78 is 2.08. The molecule has 5 rings (SSSR count). The van der Waals surface area contributed by atoms with E-state index in [2.05, 4.69) is 43.0 Å². The molecule has 0 saturated heterocycles. The number of hydrogen-bond acceptors (Lipinski definition) is 7. The van der Waals surface area contributed by atoms with Crippen molar-refractivity contribution in [2.75, 3.05) is 0 Å². The molecule has 2 N–H and O–H groups in total. The summed E-state index contributed by atoms with van der Waals surface area (Å²) in [5.41, 5.74) is 0.0104. The summed E-state index contributed by atoms with van der Waals surface area (Å²) in [5, 5.41) is 40.4. The zero-order chi connectivity index (χ0) is 21.3. The molecule has 8 heteroatoms. The second kappa shape index (κ2) is 8.15. The number of allylic oxidation sites excluding steroid dienone is 2. The molecule has 8 nitrogen and oxygen atoms in total. The third kappa shape index (κ3) is 3.28. The summed E-state index contributed by atoms with van der Waals surface area (Å²) in [4.78, 5) is 0. The van der Waals surface area contributed by atoms with Gasteiger partial charge in [0.2, 0.25) is 0 Å². The summed E-state index contributed by atoms with van der Waals surface area (Å²) in [6.07, 6.45) is 15.6. The van der Waals surface area contributed by atoms with Crippen LogP contribution in [0, 0.1) is 28.6 Å². The predicted octanol–water partition coefficient (Wildman–Crippen LogP) is 3.72. The Kier molecular flexibility index (Phi) is 5.33. The average Bonchev–Trinajstić information content (AvgIpc) is 3.29. The lowest BCUT2D eigenvalue weighted by molar-refractivity contribution is 0.0334. The first kappa shape index (κ1) is 20.3. The lowest BCUT2D eigenvalue weighted by Gasteiger charge is -2.53. The lowest BCUT2D eigenvalue weighted by atomic mass is 9.59.